The molecule has 1 aromatic carbocycles. The molecule has 2 amide bonds. The fourth-order valence-corrected chi connectivity index (χ4v) is 3.27. The van der Waals surface area contributed by atoms with Crippen LogP contribution in [0.5, 0.6) is 0 Å². The Bertz CT molecular complexity index is 1060. The summed E-state index contributed by atoms with van der Waals surface area (Å²) in [6.45, 7) is 2.46. The molecule has 0 saturated carbocycles. The van der Waals surface area contributed by atoms with Crippen LogP contribution in [-0.4, -0.2) is 39.3 Å². The molecule has 0 radical (unpaired) electrons. The van der Waals surface area contributed by atoms with Crippen molar-refractivity contribution in [3.63, 3.8) is 0 Å². The number of aromatic amines is 1. The van der Waals surface area contributed by atoms with E-state index in [-0.39, 0.29) is 17.4 Å². The number of alkyl halides is 2. The highest BCUT2D eigenvalue weighted by molar-refractivity contribution is 6.39. The van der Waals surface area contributed by atoms with E-state index in [1.165, 1.54) is 11.0 Å². The van der Waals surface area contributed by atoms with Crippen LogP contribution in [0, 0.1) is 0 Å². The molecular weight excluding hydrogens is 366 g/mol. The predicted molar refractivity (Wildman–Crippen MR) is 101 cm³/mol. The van der Waals surface area contributed by atoms with E-state index in [1.54, 1.807) is 36.4 Å². The summed E-state index contributed by atoms with van der Waals surface area (Å²) in [4.78, 5) is 33.0. The third-order valence-electron chi connectivity index (χ3n) is 4.98. The first-order chi connectivity index (χ1) is 13.4. The standard InChI is InChI=1S/C20H18F2N4O2/c1-11-8-9-26(11)20(28)19(27)25-16-7-6-12-10-15(23-18(12)24-16)13-4-2-3-5-14(13)17(21)22/h2-7,10-11,17H,8-9H2,1H3,(H2,23,24,25,27). The molecule has 2 N–H and O–H groups in total. The number of hydrogen-bond acceptors (Lipinski definition) is 3. The number of rotatable bonds is 3. The quantitative estimate of drug-likeness (QED) is 0.676. The van der Waals surface area contributed by atoms with Crippen molar-refractivity contribution in [1.29, 1.82) is 0 Å². The minimum atomic E-state index is -2.60. The highest BCUT2D eigenvalue weighted by Gasteiger charge is 2.32. The monoisotopic (exact) mass is 384 g/mol. The van der Waals surface area contributed by atoms with Crippen molar-refractivity contribution in [2.45, 2.75) is 25.8 Å². The Morgan fingerprint density at radius 2 is 2.04 bits per heavy atom. The number of benzene rings is 1. The lowest BCUT2D eigenvalue weighted by molar-refractivity contribution is -0.148. The third kappa shape index (κ3) is 3.21. The maximum Gasteiger partial charge on any atom is 0.315 e. The van der Waals surface area contributed by atoms with Crippen LogP contribution in [0.2, 0.25) is 0 Å². The van der Waals surface area contributed by atoms with Gasteiger partial charge in [0.15, 0.2) is 0 Å². The first kappa shape index (κ1) is 18.1. The second kappa shape index (κ2) is 7.03. The van der Waals surface area contributed by atoms with Crippen LogP contribution in [0.25, 0.3) is 22.3 Å². The smallest absolute Gasteiger partial charge is 0.315 e. The average molecular weight is 384 g/mol. The summed E-state index contributed by atoms with van der Waals surface area (Å²) in [5.41, 5.74) is 1.26. The Morgan fingerprint density at radius 1 is 1.25 bits per heavy atom. The number of halogens is 2. The number of anilines is 1. The zero-order chi connectivity index (χ0) is 19.8. The van der Waals surface area contributed by atoms with Crippen LogP contribution in [0.4, 0.5) is 14.6 Å². The molecule has 2 aromatic heterocycles. The van der Waals surface area contributed by atoms with E-state index in [4.69, 9.17) is 0 Å². The summed E-state index contributed by atoms with van der Waals surface area (Å²) in [7, 11) is 0. The zero-order valence-corrected chi connectivity index (χ0v) is 15.1. The average Bonchev–Trinajstić information content (AvgIpc) is 3.09. The lowest BCUT2D eigenvalue weighted by atomic mass is 10.1. The highest BCUT2D eigenvalue weighted by atomic mass is 19.3. The Morgan fingerprint density at radius 3 is 2.71 bits per heavy atom. The summed E-state index contributed by atoms with van der Waals surface area (Å²) in [6, 6.07) is 11.3. The lowest BCUT2D eigenvalue weighted by Crippen LogP contribution is -2.53. The molecule has 1 unspecified atom stereocenters. The number of carbonyl (C=O) groups excluding carboxylic acids is 2. The van der Waals surface area contributed by atoms with Crippen LogP contribution in [0.15, 0.2) is 42.5 Å². The molecule has 0 aliphatic carbocycles. The number of likely N-dealkylation sites (tertiary alicyclic amines) is 1. The Kier molecular flexibility index (Phi) is 4.54. The zero-order valence-electron chi connectivity index (χ0n) is 15.1. The maximum absolute atomic E-state index is 13.3. The van der Waals surface area contributed by atoms with Crippen molar-refractivity contribution in [3.8, 4) is 11.3 Å². The molecule has 8 heteroatoms. The first-order valence-corrected chi connectivity index (χ1v) is 8.93. The number of nitrogens with zero attached hydrogens (tertiary/aromatic N) is 2. The van der Waals surface area contributed by atoms with Gasteiger partial charge in [0.2, 0.25) is 0 Å². The highest BCUT2D eigenvalue weighted by Crippen LogP contribution is 2.32. The van der Waals surface area contributed by atoms with Crippen LogP contribution < -0.4 is 5.32 Å². The molecular formula is C20H18F2N4O2. The van der Waals surface area contributed by atoms with Gasteiger partial charge in [0.1, 0.15) is 11.5 Å². The van der Waals surface area contributed by atoms with E-state index in [0.717, 1.165) is 6.42 Å². The molecule has 0 bridgehead atoms. The first-order valence-electron chi connectivity index (χ1n) is 8.93. The third-order valence-corrected chi connectivity index (χ3v) is 4.98. The van der Waals surface area contributed by atoms with E-state index in [9.17, 15) is 18.4 Å². The second-order valence-corrected chi connectivity index (χ2v) is 6.80. The number of amides is 2. The van der Waals surface area contributed by atoms with Crippen molar-refractivity contribution in [3.05, 3.63) is 48.0 Å². The molecule has 4 rings (SSSR count). The van der Waals surface area contributed by atoms with Gasteiger partial charge in [0.25, 0.3) is 6.43 Å². The lowest BCUT2D eigenvalue weighted by Gasteiger charge is -2.37. The molecule has 144 valence electrons. The fourth-order valence-electron chi connectivity index (χ4n) is 3.27. The number of H-pyrrole nitrogens is 1. The van der Waals surface area contributed by atoms with E-state index in [0.29, 0.717) is 28.8 Å². The summed E-state index contributed by atoms with van der Waals surface area (Å²) >= 11 is 0. The minimum absolute atomic E-state index is 0.0644. The van der Waals surface area contributed by atoms with Gasteiger partial charge in [-0.05, 0) is 31.5 Å². The largest absolute Gasteiger partial charge is 0.339 e. The number of carbonyl (C=O) groups is 2. The van der Waals surface area contributed by atoms with Crippen LogP contribution >= 0.6 is 0 Å². The molecule has 3 aromatic rings. The summed E-state index contributed by atoms with van der Waals surface area (Å²) in [5.74, 6) is -1.11. The topological polar surface area (TPSA) is 78.1 Å². The number of aromatic nitrogens is 2. The number of hydrogen-bond donors (Lipinski definition) is 2. The summed E-state index contributed by atoms with van der Waals surface area (Å²) < 4.78 is 26.5. The van der Waals surface area contributed by atoms with E-state index in [1.807, 2.05) is 6.92 Å². The molecule has 1 aliphatic rings. The molecule has 1 aliphatic heterocycles. The van der Waals surface area contributed by atoms with E-state index < -0.39 is 18.2 Å². The van der Waals surface area contributed by atoms with Gasteiger partial charge >= 0.3 is 11.8 Å². The predicted octanol–water partition coefficient (Wildman–Crippen LogP) is 3.73. The molecule has 1 fully saturated rings. The van der Waals surface area contributed by atoms with Gasteiger partial charge in [-0.2, -0.15) is 0 Å². The molecule has 0 spiro atoms. The Hall–Kier alpha value is -3.29. The number of fused-ring (bicyclic) bond motifs is 1. The number of nitrogens with one attached hydrogen (secondary N) is 2. The normalized spacial score (nSPS) is 16.3. The minimum Gasteiger partial charge on any atom is -0.339 e. The molecule has 6 nitrogen and oxygen atoms in total. The SMILES string of the molecule is CC1CCN1C(=O)C(=O)Nc1ccc2cc(-c3ccccc3C(F)F)[nH]c2n1. The molecule has 1 saturated heterocycles. The van der Waals surface area contributed by atoms with Gasteiger partial charge in [-0.25, -0.2) is 13.8 Å². The van der Waals surface area contributed by atoms with Gasteiger partial charge in [0.05, 0.1) is 0 Å². The molecule has 28 heavy (non-hydrogen) atoms. The Labute approximate surface area is 159 Å². The van der Waals surface area contributed by atoms with Gasteiger partial charge < -0.3 is 15.2 Å². The van der Waals surface area contributed by atoms with E-state index in [2.05, 4.69) is 15.3 Å². The maximum atomic E-state index is 13.3. The Balaban J connectivity index is 1.59. The van der Waals surface area contributed by atoms with Crippen molar-refractivity contribution >= 4 is 28.7 Å². The van der Waals surface area contributed by atoms with E-state index >= 15 is 0 Å². The van der Waals surface area contributed by atoms with Crippen molar-refractivity contribution < 1.29 is 18.4 Å². The molecule has 1 atom stereocenters. The number of pyridine rings is 1. The van der Waals surface area contributed by atoms with Gasteiger partial charge in [0, 0.05) is 34.8 Å². The second-order valence-electron chi connectivity index (χ2n) is 6.80. The van der Waals surface area contributed by atoms with Crippen molar-refractivity contribution in [2.24, 2.45) is 0 Å². The van der Waals surface area contributed by atoms with Crippen molar-refractivity contribution in [1.82, 2.24) is 14.9 Å². The van der Waals surface area contributed by atoms with Gasteiger partial charge in [-0.15, -0.1) is 0 Å². The van der Waals surface area contributed by atoms with Crippen LogP contribution in [-0.2, 0) is 9.59 Å². The van der Waals surface area contributed by atoms with Crippen LogP contribution in [0.1, 0.15) is 25.3 Å². The molecule has 3 heterocycles. The summed E-state index contributed by atoms with van der Waals surface area (Å²) in [5, 5.41) is 3.21. The summed E-state index contributed by atoms with van der Waals surface area (Å²) in [6.07, 6.45) is -1.71. The van der Waals surface area contributed by atoms with Crippen LogP contribution in [0.3, 0.4) is 0 Å². The fraction of sp³-hybridized carbons (Fsp3) is 0.250. The van der Waals surface area contributed by atoms with Gasteiger partial charge in [-0.3, -0.25) is 9.59 Å². The van der Waals surface area contributed by atoms with Crippen molar-refractivity contribution in [2.75, 3.05) is 11.9 Å². The van der Waals surface area contributed by atoms with Gasteiger partial charge in [-0.1, -0.05) is 24.3 Å².